The number of carboxylic acids is 1. The summed E-state index contributed by atoms with van der Waals surface area (Å²) in [5.74, 6) is -2.26. The Morgan fingerprint density at radius 2 is 1.83 bits per heavy atom. The zero-order valence-corrected chi connectivity index (χ0v) is 18.7. The number of aryl methyl sites for hydroxylation is 1. The minimum Gasteiger partial charge on any atom is -0.545 e. The lowest BCUT2D eigenvalue weighted by atomic mass is 10.0. The van der Waals surface area contributed by atoms with Crippen LogP contribution in [0, 0.1) is 12.7 Å². The van der Waals surface area contributed by atoms with Gasteiger partial charge in [-0.15, -0.1) is 0 Å². The summed E-state index contributed by atoms with van der Waals surface area (Å²) < 4.78 is 20.7. The van der Waals surface area contributed by atoms with Gasteiger partial charge in [-0.05, 0) is 38.5 Å². The third-order valence-corrected chi connectivity index (χ3v) is 5.85. The van der Waals surface area contributed by atoms with Crippen molar-refractivity contribution in [2.75, 3.05) is 0 Å². The van der Waals surface area contributed by atoms with E-state index in [4.69, 9.17) is 27.9 Å². The molecule has 0 aliphatic carbocycles. The van der Waals surface area contributed by atoms with Gasteiger partial charge < -0.3 is 14.6 Å². The maximum absolute atomic E-state index is 15.2. The van der Waals surface area contributed by atoms with Gasteiger partial charge in [0.05, 0.1) is 17.1 Å². The van der Waals surface area contributed by atoms with Crippen LogP contribution >= 0.6 is 35.0 Å². The molecular formula is C22H17Cl2FNO3S-. The van der Waals surface area contributed by atoms with E-state index in [9.17, 15) is 9.90 Å². The summed E-state index contributed by atoms with van der Waals surface area (Å²) in [6.07, 6.45) is 1.44. The predicted octanol–water partition coefficient (Wildman–Crippen LogP) is 5.80. The first kappa shape index (κ1) is 22.4. The van der Waals surface area contributed by atoms with Crippen LogP contribution in [0.3, 0.4) is 0 Å². The Morgan fingerprint density at radius 1 is 1.17 bits per heavy atom. The van der Waals surface area contributed by atoms with Crippen molar-refractivity contribution in [1.29, 1.82) is 0 Å². The van der Waals surface area contributed by atoms with Crippen LogP contribution in [-0.4, -0.2) is 17.1 Å². The van der Waals surface area contributed by atoms with Gasteiger partial charge in [0.25, 0.3) is 0 Å². The van der Waals surface area contributed by atoms with Gasteiger partial charge in [-0.2, -0.15) is 0 Å². The van der Waals surface area contributed by atoms with Crippen LogP contribution in [0.1, 0.15) is 29.8 Å². The lowest BCUT2D eigenvalue weighted by Crippen LogP contribution is -2.24. The summed E-state index contributed by atoms with van der Waals surface area (Å²) in [5.41, 5.74) is 0.943. The number of halogens is 3. The first-order valence-electron chi connectivity index (χ1n) is 8.97. The quantitative estimate of drug-likeness (QED) is 0.460. The zero-order chi connectivity index (χ0) is 22.0. The summed E-state index contributed by atoms with van der Waals surface area (Å²) in [7, 11) is 0. The second-order valence-electron chi connectivity index (χ2n) is 6.80. The summed E-state index contributed by atoms with van der Waals surface area (Å²) in [6.45, 7) is 5.61. The van der Waals surface area contributed by atoms with Crippen molar-refractivity contribution in [3.8, 4) is 17.0 Å². The number of nitrogens with zero attached hydrogens (tertiary/aromatic N) is 1. The van der Waals surface area contributed by atoms with Crippen LogP contribution in [0.25, 0.3) is 11.1 Å². The molecule has 0 aliphatic heterocycles. The van der Waals surface area contributed by atoms with E-state index in [-0.39, 0.29) is 16.7 Å². The van der Waals surface area contributed by atoms with Crippen LogP contribution in [0.5, 0.6) is 5.88 Å². The third kappa shape index (κ3) is 4.89. The summed E-state index contributed by atoms with van der Waals surface area (Å²) in [4.78, 5) is 16.5. The maximum Gasteiger partial charge on any atom is 0.232 e. The zero-order valence-electron chi connectivity index (χ0n) is 16.3. The van der Waals surface area contributed by atoms with Crippen LogP contribution < -0.4 is 9.84 Å². The number of pyridine rings is 1. The van der Waals surface area contributed by atoms with Gasteiger partial charge in [-0.3, -0.25) is 0 Å². The Morgan fingerprint density at radius 3 is 2.40 bits per heavy atom. The van der Waals surface area contributed by atoms with Crippen molar-refractivity contribution in [3.05, 3.63) is 69.6 Å². The number of carbonyl (C=O) groups excluding carboxylic acids is 1. The van der Waals surface area contributed by atoms with Gasteiger partial charge in [0.15, 0.2) is 0 Å². The van der Waals surface area contributed by atoms with Crippen molar-refractivity contribution in [3.63, 3.8) is 0 Å². The van der Waals surface area contributed by atoms with Crippen LogP contribution in [0.2, 0.25) is 10.0 Å². The van der Waals surface area contributed by atoms with Crippen molar-refractivity contribution in [2.24, 2.45) is 0 Å². The molecule has 156 valence electrons. The molecule has 0 spiro atoms. The average molecular weight is 465 g/mol. The number of benzene rings is 2. The van der Waals surface area contributed by atoms with Gasteiger partial charge in [-0.25, -0.2) is 9.37 Å². The van der Waals surface area contributed by atoms with Crippen LogP contribution in [0.15, 0.2) is 52.4 Å². The molecule has 1 aromatic heterocycles. The third-order valence-electron chi connectivity index (χ3n) is 4.08. The molecule has 0 radical (unpaired) electrons. The second-order valence-corrected chi connectivity index (χ2v) is 8.70. The topological polar surface area (TPSA) is 62.2 Å². The highest BCUT2D eigenvalue weighted by atomic mass is 35.5. The maximum atomic E-state index is 15.2. The summed E-state index contributed by atoms with van der Waals surface area (Å²) >= 11 is 13.8. The first-order valence-corrected chi connectivity index (χ1v) is 10.5. The fourth-order valence-corrected chi connectivity index (χ4v) is 4.31. The molecule has 0 unspecified atom stereocenters. The molecule has 0 saturated heterocycles. The van der Waals surface area contributed by atoms with E-state index in [1.165, 1.54) is 6.20 Å². The van der Waals surface area contributed by atoms with Gasteiger partial charge in [0.1, 0.15) is 10.8 Å². The molecule has 3 aromatic rings. The normalized spacial score (nSPS) is 11.0. The Kier molecular flexibility index (Phi) is 6.91. The predicted molar refractivity (Wildman–Crippen MR) is 115 cm³/mol. The highest BCUT2D eigenvalue weighted by Gasteiger charge is 2.21. The Balaban J connectivity index is 2.12. The SMILES string of the molecule is Cc1ccc(-c2c(F)c(C(=O)[O-])cc(Cl)c2Sc2cnc(OC(C)C)c(Cl)c2)cc1. The average Bonchev–Trinajstić information content (AvgIpc) is 2.67. The van der Waals surface area contributed by atoms with Crippen molar-refractivity contribution >= 4 is 40.9 Å². The van der Waals surface area contributed by atoms with Gasteiger partial charge >= 0.3 is 0 Å². The largest absolute Gasteiger partial charge is 0.545 e. The number of carbonyl (C=O) groups is 1. The number of aromatic carboxylic acids is 1. The molecule has 0 saturated carbocycles. The van der Waals surface area contributed by atoms with E-state index in [0.717, 1.165) is 23.4 Å². The van der Waals surface area contributed by atoms with E-state index in [1.807, 2.05) is 20.8 Å². The highest BCUT2D eigenvalue weighted by Crippen LogP contribution is 2.44. The number of ether oxygens (including phenoxy) is 1. The van der Waals surface area contributed by atoms with Gasteiger partial charge in [0.2, 0.25) is 5.88 Å². The molecular weight excluding hydrogens is 448 g/mol. The number of hydrogen-bond acceptors (Lipinski definition) is 5. The van der Waals surface area contributed by atoms with Crippen molar-refractivity contribution < 1.29 is 19.0 Å². The van der Waals surface area contributed by atoms with Crippen molar-refractivity contribution in [1.82, 2.24) is 4.98 Å². The lowest BCUT2D eigenvalue weighted by molar-refractivity contribution is -0.255. The summed E-state index contributed by atoms with van der Waals surface area (Å²) in [6, 6.07) is 9.71. The molecule has 2 aromatic carbocycles. The number of carboxylic acid groups (broad SMARTS) is 1. The Labute approximate surface area is 188 Å². The first-order chi connectivity index (χ1) is 14.2. The fourth-order valence-electron chi connectivity index (χ4n) is 2.73. The molecule has 3 rings (SSSR count). The molecule has 0 amide bonds. The molecule has 0 bridgehead atoms. The Bertz CT molecular complexity index is 1100. The van der Waals surface area contributed by atoms with E-state index in [2.05, 4.69) is 4.98 Å². The van der Waals surface area contributed by atoms with E-state index in [0.29, 0.717) is 26.3 Å². The molecule has 1 heterocycles. The molecule has 0 atom stereocenters. The van der Waals surface area contributed by atoms with Gasteiger partial charge in [-0.1, -0.05) is 64.8 Å². The Hall–Kier alpha value is -2.28. The van der Waals surface area contributed by atoms with E-state index >= 15 is 4.39 Å². The van der Waals surface area contributed by atoms with Crippen LogP contribution in [-0.2, 0) is 0 Å². The standard InChI is InChI=1S/C22H18Cl2FNO3S/c1-11(2)29-21-17(24)8-14(10-26-21)30-20-16(23)9-15(22(27)28)19(25)18(20)13-6-4-12(3)5-7-13/h4-11H,1-3H3,(H,27,28)/p-1. The highest BCUT2D eigenvalue weighted by molar-refractivity contribution is 7.99. The minimum absolute atomic E-state index is 0.0744. The van der Waals surface area contributed by atoms with E-state index < -0.39 is 17.3 Å². The number of hydrogen-bond donors (Lipinski definition) is 0. The molecule has 4 nitrogen and oxygen atoms in total. The van der Waals surface area contributed by atoms with Crippen molar-refractivity contribution in [2.45, 2.75) is 36.7 Å². The number of rotatable bonds is 6. The second kappa shape index (κ2) is 9.25. The molecule has 30 heavy (non-hydrogen) atoms. The lowest BCUT2D eigenvalue weighted by Gasteiger charge is -2.17. The molecule has 0 fully saturated rings. The summed E-state index contributed by atoms with van der Waals surface area (Å²) in [5, 5.41) is 11.8. The molecule has 8 heteroatoms. The fraction of sp³-hybridized carbons (Fsp3) is 0.182. The molecule has 0 aliphatic rings. The van der Waals surface area contributed by atoms with Gasteiger partial charge in [0, 0.05) is 27.1 Å². The minimum atomic E-state index is -1.64. The number of aromatic nitrogens is 1. The van der Waals surface area contributed by atoms with Crippen LogP contribution in [0.4, 0.5) is 4.39 Å². The monoisotopic (exact) mass is 464 g/mol. The smallest absolute Gasteiger partial charge is 0.232 e. The van der Waals surface area contributed by atoms with E-state index in [1.54, 1.807) is 30.3 Å². The molecule has 0 N–H and O–H groups in total.